The zero-order valence-corrected chi connectivity index (χ0v) is 18.2. The van der Waals surface area contributed by atoms with Gasteiger partial charge in [-0.1, -0.05) is 48.2 Å². The molecule has 1 fully saturated rings. The molecule has 1 aliphatic rings. The third-order valence-electron chi connectivity index (χ3n) is 5.47. The van der Waals surface area contributed by atoms with Gasteiger partial charge in [0.2, 0.25) is 0 Å². The molecular weight excluding hydrogens is 404 g/mol. The van der Waals surface area contributed by atoms with Gasteiger partial charge in [0, 0.05) is 44.1 Å². The van der Waals surface area contributed by atoms with Crippen LogP contribution in [0.25, 0.3) is 10.8 Å². The van der Waals surface area contributed by atoms with E-state index in [-0.39, 0.29) is 0 Å². The number of pyridine rings is 1. The van der Waals surface area contributed by atoms with E-state index in [9.17, 15) is 0 Å². The summed E-state index contributed by atoms with van der Waals surface area (Å²) in [5.74, 6) is 2.81. The van der Waals surface area contributed by atoms with Crippen LogP contribution in [-0.2, 0) is 0 Å². The van der Waals surface area contributed by atoms with Gasteiger partial charge in [-0.2, -0.15) is 0 Å². The quantitative estimate of drug-likeness (QED) is 0.361. The second-order valence-corrected chi connectivity index (χ2v) is 8.22. The van der Waals surface area contributed by atoms with E-state index in [0.717, 1.165) is 54.5 Å². The van der Waals surface area contributed by atoms with Crippen LogP contribution in [0.3, 0.4) is 0 Å². The minimum absolute atomic E-state index is 0.771. The van der Waals surface area contributed by atoms with Crippen LogP contribution in [-0.4, -0.2) is 47.4 Å². The van der Waals surface area contributed by atoms with Gasteiger partial charge in [0.25, 0.3) is 0 Å². The smallest absolute Gasteiger partial charge is 0.191 e. The summed E-state index contributed by atoms with van der Waals surface area (Å²) in [4.78, 5) is 18.6. The first-order chi connectivity index (χ1) is 15.3. The topological polar surface area (TPSA) is 57.2 Å². The fourth-order valence-electron chi connectivity index (χ4n) is 3.85. The van der Waals surface area contributed by atoms with Crippen LogP contribution < -0.4 is 15.1 Å². The van der Waals surface area contributed by atoms with Crippen molar-refractivity contribution in [3.63, 3.8) is 0 Å². The van der Waals surface area contributed by atoms with Crippen molar-refractivity contribution in [1.82, 2.24) is 15.0 Å². The number of hydrogen-bond donors (Lipinski definition) is 1. The molecule has 0 saturated carbocycles. The van der Waals surface area contributed by atoms with Crippen molar-refractivity contribution in [2.75, 3.05) is 47.6 Å². The summed E-state index contributed by atoms with van der Waals surface area (Å²) in [7, 11) is 0. The molecule has 1 N–H and O–H groups in total. The Hall–Kier alpha value is -3.32. The van der Waals surface area contributed by atoms with E-state index in [1.54, 1.807) is 11.8 Å². The minimum Gasteiger partial charge on any atom is -0.353 e. The van der Waals surface area contributed by atoms with Crippen molar-refractivity contribution in [3.8, 4) is 0 Å². The van der Waals surface area contributed by atoms with Gasteiger partial charge in [-0.15, -0.1) is 0 Å². The van der Waals surface area contributed by atoms with Crippen molar-refractivity contribution >= 4 is 45.7 Å². The first-order valence-corrected chi connectivity index (χ1v) is 11.6. The van der Waals surface area contributed by atoms with Gasteiger partial charge in [-0.05, 0) is 41.3 Å². The second kappa shape index (κ2) is 8.81. The first kappa shape index (κ1) is 19.6. The normalized spacial score (nSPS) is 14.1. The first-order valence-electron chi connectivity index (χ1n) is 10.4. The van der Waals surface area contributed by atoms with Gasteiger partial charge >= 0.3 is 0 Å². The summed E-state index contributed by atoms with van der Waals surface area (Å²) < 4.78 is 0. The van der Waals surface area contributed by atoms with E-state index in [4.69, 9.17) is 4.98 Å². The molecule has 0 unspecified atom stereocenters. The van der Waals surface area contributed by atoms with Crippen LogP contribution in [0.5, 0.6) is 0 Å². The molecule has 31 heavy (non-hydrogen) atoms. The van der Waals surface area contributed by atoms with Gasteiger partial charge in [0.05, 0.1) is 0 Å². The lowest BCUT2D eigenvalue weighted by Gasteiger charge is -2.36. The van der Waals surface area contributed by atoms with Crippen molar-refractivity contribution in [2.45, 2.75) is 5.16 Å². The summed E-state index contributed by atoms with van der Waals surface area (Å²) >= 11 is 1.56. The summed E-state index contributed by atoms with van der Waals surface area (Å²) in [5.41, 5.74) is 1.02. The molecule has 0 bridgehead atoms. The number of fused-ring (bicyclic) bond motifs is 1. The van der Waals surface area contributed by atoms with E-state index in [1.165, 1.54) is 10.8 Å². The number of thioether (sulfide) groups is 1. The van der Waals surface area contributed by atoms with Crippen molar-refractivity contribution in [3.05, 3.63) is 72.9 Å². The highest BCUT2D eigenvalue weighted by molar-refractivity contribution is 7.98. The molecule has 3 heterocycles. The zero-order valence-electron chi connectivity index (χ0n) is 17.4. The molecule has 0 radical (unpaired) electrons. The molecule has 0 atom stereocenters. The predicted octanol–water partition coefficient (Wildman–Crippen LogP) is 4.82. The van der Waals surface area contributed by atoms with Crippen LogP contribution in [0.15, 0.2) is 78.1 Å². The average molecular weight is 429 g/mol. The average Bonchev–Trinajstić information content (AvgIpc) is 2.84. The Morgan fingerprint density at radius 2 is 1.52 bits per heavy atom. The number of anilines is 4. The molecule has 7 heteroatoms. The summed E-state index contributed by atoms with van der Waals surface area (Å²) in [6.07, 6.45) is 3.86. The van der Waals surface area contributed by atoms with Crippen molar-refractivity contribution in [2.24, 2.45) is 0 Å². The predicted molar refractivity (Wildman–Crippen MR) is 130 cm³/mol. The highest BCUT2D eigenvalue weighted by atomic mass is 32.2. The Kier molecular flexibility index (Phi) is 5.58. The maximum atomic E-state index is 4.77. The Labute approximate surface area is 186 Å². The Morgan fingerprint density at radius 3 is 2.26 bits per heavy atom. The maximum Gasteiger partial charge on any atom is 0.191 e. The van der Waals surface area contributed by atoms with E-state index in [1.807, 2.05) is 30.7 Å². The standard InChI is InChI=1S/C24H24N6S/c1-31-24-27-21(26-20-10-9-18-6-2-3-7-19(18)16-20)17-23(28-24)30-14-12-29(13-15-30)22-8-4-5-11-25-22/h2-11,16-17H,12-15H2,1H3,(H,26,27,28). The van der Waals surface area contributed by atoms with Crippen LogP contribution >= 0.6 is 11.8 Å². The number of rotatable bonds is 5. The lowest BCUT2D eigenvalue weighted by atomic mass is 10.1. The molecule has 0 aliphatic carbocycles. The highest BCUT2D eigenvalue weighted by Crippen LogP contribution is 2.26. The molecule has 6 nitrogen and oxygen atoms in total. The van der Waals surface area contributed by atoms with Gasteiger partial charge in [0.15, 0.2) is 5.16 Å². The monoisotopic (exact) mass is 428 g/mol. The van der Waals surface area contributed by atoms with Crippen molar-refractivity contribution in [1.29, 1.82) is 0 Å². The number of piperazine rings is 1. The van der Waals surface area contributed by atoms with Crippen LogP contribution in [0.1, 0.15) is 0 Å². The Bertz CT molecular complexity index is 1180. The van der Waals surface area contributed by atoms with Crippen LogP contribution in [0.2, 0.25) is 0 Å². The van der Waals surface area contributed by atoms with Crippen molar-refractivity contribution < 1.29 is 0 Å². The molecule has 2 aromatic heterocycles. The van der Waals surface area contributed by atoms with E-state index in [2.05, 4.69) is 73.6 Å². The molecule has 1 saturated heterocycles. The lowest BCUT2D eigenvalue weighted by molar-refractivity contribution is 0.638. The molecule has 0 amide bonds. The number of aromatic nitrogens is 3. The van der Waals surface area contributed by atoms with Gasteiger partial charge in [-0.25, -0.2) is 15.0 Å². The van der Waals surface area contributed by atoms with Crippen LogP contribution in [0, 0.1) is 0 Å². The molecule has 1 aliphatic heterocycles. The zero-order chi connectivity index (χ0) is 21.0. The highest BCUT2D eigenvalue weighted by Gasteiger charge is 2.20. The van der Waals surface area contributed by atoms with Gasteiger partial charge in [-0.3, -0.25) is 0 Å². The largest absolute Gasteiger partial charge is 0.353 e. The van der Waals surface area contributed by atoms with Gasteiger partial charge in [0.1, 0.15) is 17.5 Å². The van der Waals surface area contributed by atoms with E-state index >= 15 is 0 Å². The van der Waals surface area contributed by atoms with Gasteiger partial charge < -0.3 is 15.1 Å². The molecule has 4 aromatic rings. The third-order valence-corrected chi connectivity index (χ3v) is 6.02. The minimum atomic E-state index is 0.771. The van der Waals surface area contributed by atoms with Crippen LogP contribution in [0.4, 0.5) is 23.1 Å². The van der Waals surface area contributed by atoms with E-state index in [0.29, 0.717) is 0 Å². The number of hydrogen-bond acceptors (Lipinski definition) is 7. The number of benzene rings is 2. The maximum absolute atomic E-state index is 4.77. The molecule has 156 valence electrons. The lowest BCUT2D eigenvalue weighted by Crippen LogP contribution is -2.47. The fraction of sp³-hybridized carbons (Fsp3) is 0.208. The fourth-order valence-corrected chi connectivity index (χ4v) is 4.23. The molecular formula is C24H24N6S. The molecule has 2 aromatic carbocycles. The SMILES string of the molecule is CSc1nc(Nc2ccc3ccccc3c2)cc(N2CCN(c3ccccn3)CC2)n1. The van der Waals surface area contributed by atoms with E-state index < -0.39 is 0 Å². The summed E-state index contributed by atoms with van der Waals surface area (Å²) in [6.45, 7) is 3.64. The number of nitrogens with one attached hydrogen (secondary N) is 1. The second-order valence-electron chi connectivity index (χ2n) is 7.45. The third kappa shape index (κ3) is 4.41. The molecule has 0 spiro atoms. The summed E-state index contributed by atoms with van der Waals surface area (Å²) in [6, 6.07) is 22.9. The Morgan fingerprint density at radius 1 is 0.774 bits per heavy atom. The Balaban J connectivity index is 1.34. The number of nitrogens with zero attached hydrogens (tertiary/aromatic N) is 5. The summed E-state index contributed by atoms with van der Waals surface area (Å²) in [5, 5.41) is 6.68. The molecule has 5 rings (SSSR count).